The molecule has 0 fully saturated rings. The Morgan fingerprint density at radius 2 is 2.21 bits per heavy atom. The minimum Gasteiger partial charge on any atom is -0.302 e. The van der Waals surface area contributed by atoms with Crippen LogP contribution in [-0.4, -0.2) is 35.4 Å². The Kier molecular flexibility index (Phi) is 5.08. The highest BCUT2D eigenvalue weighted by molar-refractivity contribution is 7.89. The van der Waals surface area contributed by atoms with Gasteiger partial charge in [0.1, 0.15) is 0 Å². The second kappa shape index (κ2) is 6.93. The molecular formula is C16H23N3O3S2. The number of thiazole rings is 1. The second-order valence-electron chi connectivity index (χ2n) is 6.54. The van der Waals surface area contributed by atoms with Crippen LogP contribution in [0, 0.1) is 5.92 Å². The van der Waals surface area contributed by atoms with E-state index in [1.807, 2.05) is 0 Å². The molecule has 1 unspecified atom stereocenters. The molecule has 1 atom stereocenters. The van der Waals surface area contributed by atoms with Gasteiger partial charge in [-0.05, 0) is 33.1 Å². The van der Waals surface area contributed by atoms with Crippen LogP contribution in [-0.2, 0) is 27.8 Å². The van der Waals surface area contributed by atoms with Crippen molar-refractivity contribution in [2.24, 2.45) is 5.92 Å². The van der Waals surface area contributed by atoms with Gasteiger partial charge in [0.2, 0.25) is 15.9 Å². The lowest BCUT2D eigenvalue weighted by Crippen LogP contribution is -2.39. The summed E-state index contributed by atoms with van der Waals surface area (Å²) >= 11 is 1.39. The lowest BCUT2D eigenvalue weighted by Gasteiger charge is -2.26. The fraction of sp³-hybridized carbons (Fsp3) is 0.625. The maximum Gasteiger partial charge on any atom is 0.229 e. The van der Waals surface area contributed by atoms with Crippen molar-refractivity contribution in [2.75, 3.05) is 11.9 Å². The van der Waals surface area contributed by atoms with E-state index < -0.39 is 15.3 Å². The van der Waals surface area contributed by atoms with Crippen LogP contribution in [0.1, 0.15) is 43.7 Å². The van der Waals surface area contributed by atoms with Gasteiger partial charge in [-0.3, -0.25) is 4.79 Å². The molecule has 3 rings (SSSR count). The number of amides is 1. The average molecular weight is 370 g/mol. The van der Waals surface area contributed by atoms with Crippen LogP contribution in [0.25, 0.3) is 0 Å². The Labute approximate surface area is 147 Å². The summed E-state index contributed by atoms with van der Waals surface area (Å²) in [6.07, 6.45) is 7.34. The number of allylic oxidation sites excluding steroid dienone is 2. The second-order valence-corrected chi connectivity index (χ2v) is 10.1. The maximum atomic E-state index is 12.3. The average Bonchev–Trinajstić information content (AvgIpc) is 2.96. The summed E-state index contributed by atoms with van der Waals surface area (Å²) in [5, 5.41) is 3.07. The van der Waals surface area contributed by atoms with E-state index >= 15 is 0 Å². The van der Waals surface area contributed by atoms with Crippen molar-refractivity contribution < 1.29 is 13.2 Å². The molecule has 1 N–H and O–H groups in total. The van der Waals surface area contributed by atoms with E-state index in [-0.39, 0.29) is 11.8 Å². The van der Waals surface area contributed by atoms with E-state index in [1.54, 1.807) is 13.8 Å². The molecule has 2 heterocycles. The monoisotopic (exact) mass is 369 g/mol. The first-order valence-electron chi connectivity index (χ1n) is 8.31. The molecule has 24 heavy (non-hydrogen) atoms. The van der Waals surface area contributed by atoms with Crippen molar-refractivity contribution in [2.45, 2.75) is 51.3 Å². The normalized spacial score (nSPS) is 21.7. The molecule has 0 spiro atoms. The van der Waals surface area contributed by atoms with E-state index in [4.69, 9.17) is 0 Å². The Balaban J connectivity index is 1.69. The lowest BCUT2D eigenvalue weighted by molar-refractivity contribution is -0.120. The van der Waals surface area contributed by atoms with E-state index in [0.29, 0.717) is 24.6 Å². The van der Waals surface area contributed by atoms with Gasteiger partial charge in [0.15, 0.2) is 5.13 Å². The van der Waals surface area contributed by atoms with Crippen LogP contribution in [0.5, 0.6) is 0 Å². The third kappa shape index (κ3) is 3.55. The van der Waals surface area contributed by atoms with Crippen LogP contribution in [0.4, 0.5) is 5.13 Å². The van der Waals surface area contributed by atoms with Crippen molar-refractivity contribution in [3.63, 3.8) is 0 Å². The Morgan fingerprint density at radius 1 is 1.42 bits per heavy atom. The fourth-order valence-electron chi connectivity index (χ4n) is 2.98. The maximum absolute atomic E-state index is 12.3. The molecule has 1 aliphatic heterocycles. The first-order chi connectivity index (χ1) is 11.4. The third-order valence-electron chi connectivity index (χ3n) is 4.52. The molecule has 1 aromatic rings. The standard InChI is InChI=1S/C16H23N3O3S2/c1-11(2)24(21,22)19-9-8-13-14(10-19)23-16(17-13)18-15(20)12-6-4-3-5-7-12/h3-4,11-12H,5-10H2,1-2H3,(H,17,18,20). The van der Waals surface area contributed by atoms with Gasteiger partial charge in [-0.25, -0.2) is 13.4 Å². The quantitative estimate of drug-likeness (QED) is 0.827. The summed E-state index contributed by atoms with van der Waals surface area (Å²) in [5.41, 5.74) is 0.911. The number of aromatic nitrogens is 1. The van der Waals surface area contributed by atoms with Crippen molar-refractivity contribution in [1.29, 1.82) is 0 Å². The number of rotatable bonds is 4. The van der Waals surface area contributed by atoms with Gasteiger partial charge < -0.3 is 5.32 Å². The smallest absolute Gasteiger partial charge is 0.229 e. The summed E-state index contributed by atoms with van der Waals surface area (Å²) in [6, 6.07) is 0. The number of fused-ring (bicyclic) bond motifs is 1. The van der Waals surface area contributed by atoms with E-state index in [9.17, 15) is 13.2 Å². The SMILES string of the molecule is CC(C)S(=O)(=O)N1CCc2nc(NC(=O)C3CC=CCC3)sc2C1. The predicted molar refractivity (Wildman–Crippen MR) is 95.4 cm³/mol. The van der Waals surface area contributed by atoms with Gasteiger partial charge >= 0.3 is 0 Å². The Hall–Kier alpha value is -1.25. The zero-order valence-corrected chi connectivity index (χ0v) is 15.6. The van der Waals surface area contributed by atoms with Crippen LogP contribution < -0.4 is 5.32 Å². The number of nitrogens with one attached hydrogen (secondary N) is 1. The molecule has 1 aliphatic carbocycles. The van der Waals surface area contributed by atoms with Crippen LogP contribution in [0.15, 0.2) is 12.2 Å². The topological polar surface area (TPSA) is 79.4 Å². The molecule has 0 saturated carbocycles. The Bertz CT molecular complexity index is 753. The van der Waals surface area contributed by atoms with Gasteiger partial charge in [-0.15, -0.1) is 11.3 Å². The van der Waals surface area contributed by atoms with Gasteiger partial charge in [0.05, 0.1) is 10.9 Å². The number of nitrogens with zero attached hydrogens (tertiary/aromatic N) is 2. The number of carbonyl (C=O) groups excluding carboxylic acids is 1. The minimum atomic E-state index is -3.26. The number of carbonyl (C=O) groups is 1. The largest absolute Gasteiger partial charge is 0.302 e. The first-order valence-corrected chi connectivity index (χ1v) is 10.6. The minimum absolute atomic E-state index is 0.00810. The van der Waals surface area contributed by atoms with Gasteiger partial charge in [-0.1, -0.05) is 12.2 Å². The molecule has 0 bridgehead atoms. The summed E-state index contributed by atoms with van der Waals surface area (Å²) in [4.78, 5) is 17.7. The summed E-state index contributed by atoms with van der Waals surface area (Å²) in [6.45, 7) is 4.21. The van der Waals surface area contributed by atoms with Crippen molar-refractivity contribution in [3.05, 3.63) is 22.7 Å². The first kappa shape index (κ1) is 17.6. The Morgan fingerprint density at radius 3 is 2.88 bits per heavy atom. The molecular weight excluding hydrogens is 346 g/mol. The fourth-order valence-corrected chi connectivity index (χ4v) is 5.34. The van der Waals surface area contributed by atoms with Gasteiger partial charge in [0.25, 0.3) is 0 Å². The van der Waals surface area contributed by atoms with Crippen LogP contribution in [0.2, 0.25) is 0 Å². The lowest BCUT2D eigenvalue weighted by atomic mass is 9.94. The number of hydrogen-bond donors (Lipinski definition) is 1. The molecule has 6 nitrogen and oxygen atoms in total. The predicted octanol–water partition coefficient (Wildman–Crippen LogP) is 2.53. The summed E-state index contributed by atoms with van der Waals surface area (Å²) < 4.78 is 26.2. The molecule has 0 aromatic carbocycles. The van der Waals surface area contributed by atoms with Crippen molar-refractivity contribution >= 4 is 32.4 Å². The molecule has 0 saturated heterocycles. The number of hydrogen-bond acceptors (Lipinski definition) is 5. The third-order valence-corrected chi connectivity index (χ3v) is 7.74. The highest BCUT2D eigenvalue weighted by Gasteiger charge is 2.31. The summed E-state index contributed by atoms with van der Waals surface area (Å²) in [5.74, 6) is 0.0193. The van der Waals surface area contributed by atoms with Crippen molar-refractivity contribution in [3.8, 4) is 0 Å². The van der Waals surface area contributed by atoms with E-state index in [2.05, 4.69) is 22.5 Å². The zero-order chi connectivity index (χ0) is 17.3. The molecule has 0 radical (unpaired) electrons. The number of anilines is 1. The molecule has 1 amide bonds. The molecule has 1 aromatic heterocycles. The zero-order valence-electron chi connectivity index (χ0n) is 14.0. The molecule has 132 valence electrons. The van der Waals surface area contributed by atoms with E-state index in [1.165, 1.54) is 15.6 Å². The van der Waals surface area contributed by atoms with Gasteiger partial charge in [0, 0.05) is 30.3 Å². The van der Waals surface area contributed by atoms with E-state index in [0.717, 1.165) is 29.8 Å². The van der Waals surface area contributed by atoms with Crippen LogP contribution >= 0.6 is 11.3 Å². The molecule has 2 aliphatic rings. The highest BCUT2D eigenvalue weighted by Crippen LogP contribution is 2.31. The highest BCUT2D eigenvalue weighted by atomic mass is 32.2. The van der Waals surface area contributed by atoms with Crippen molar-refractivity contribution in [1.82, 2.24) is 9.29 Å². The molecule has 8 heteroatoms. The van der Waals surface area contributed by atoms with Gasteiger partial charge in [-0.2, -0.15) is 4.31 Å². The summed E-state index contributed by atoms with van der Waals surface area (Å²) in [7, 11) is -3.26. The number of sulfonamides is 1. The van der Waals surface area contributed by atoms with Crippen LogP contribution in [0.3, 0.4) is 0 Å².